The van der Waals surface area contributed by atoms with E-state index in [0.29, 0.717) is 28.0 Å². The molecule has 2 atom stereocenters. The van der Waals surface area contributed by atoms with E-state index in [4.69, 9.17) is 11.6 Å². The molecule has 1 amide bonds. The van der Waals surface area contributed by atoms with Crippen molar-refractivity contribution in [1.29, 1.82) is 0 Å². The molecule has 28 heavy (non-hydrogen) atoms. The summed E-state index contributed by atoms with van der Waals surface area (Å²) < 4.78 is 1.80. The molecule has 7 nitrogen and oxygen atoms in total. The maximum Gasteiger partial charge on any atom is 0.308 e. The van der Waals surface area contributed by atoms with Crippen molar-refractivity contribution in [3.05, 3.63) is 65.2 Å². The van der Waals surface area contributed by atoms with E-state index >= 15 is 0 Å². The van der Waals surface area contributed by atoms with E-state index in [1.165, 1.54) is 0 Å². The quantitative estimate of drug-likeness (QED) is 0.720. The number of aryl methyl sites for hydroxylation is 1. The first-order valence-electron chi connectivity index (χ1n) is 8.80. The molecule has 1 spiro atoms. The molecule has 1 aliphatic heterocycles. The molecule has 1 fully saturated rings. The minimum atomic E-state index is -1.24. The number of carbonyl (C=O) groups is 2. The largest absolute Gasteiger partial charge is 0.481 e. The fourth-order valence-electron chi connectivity index (χ4n) is 4.08. The first kappa shape index (κ1) is 16.9. The summed E-state index contributed by atoms with van der Waals surface area (Å²) in [7, 11) is 0. The first-order chi connectivity index (χ1) is 13.4. The third-order valence-corrected chi connectivity index (χ3v) is 5.77. The van der Waals surface area contributed by atoms with Gasteiger partial charge in [-0.3, -0.25) is 19.1 Å². The van der Waals surface area contributed by atoms with E-state index in [1.54, 1.807) is 40.7 Å². The number of halogens is 1. The lowest BCUT2D eigenvalue weighted by atomic mass is 10.00. The highest BCUT2D eigenvalue weighted by molar-refractivity contribution is 6.30. The third-order valence-electron chi connectivity index (χ3n) is 5.52. The van der Waals surface area contributed by atoms with E-state index in [1.807, 2.05) is 24.3 Å². The van der Waals surface area contributed by atoms with Gasteiger partial charge in [0.2, 0.25) is 5.91 Å². The number of amides is 1. The van der Waals surface area contributed by atoms with Crippen molar-refractivity contribution in [2.75, 3.05) is 4.90 Å². The van der Waals surface area contributed by atoms with Crippen LogP contribution in [0.15, 0.2) is 48.5 Å². The average molecular weight is 395 g/mol. The van der Waals surface area contributed by atoms with Gasteiger partial charge < -0.3 is 5.11 Å². The lowest BCUT2D eigenvalue weighted by Crippen LogP contribution is -2.38. The number of carbonyl (C=O) groups excluding carboxylic acids is 1. The van der Waals surface area contributed by atoms with Crippen molar-refractivity contribution in [2.24, 2.45) is 5.92 Å². The zero-order valence-corrected chi connectivity index (χ0v) is 15.6. The summed E-state index contributed by atoms with van der Waals surface area (Å²) in [5.41, 5.74) is 0.753. The van der Waals surface area contributed by atoms with Gasteiger partial charge in [-0.15, -0.1) is 10.2 Å². The van der Waals surface area contributed by atoms with Crippen LogP contribution in [0.3, 0.4) is 0 Å². The molecule has 8 heteroatoms. The van der Waals surface area contributed by atoms with Crippen molar-refractivity contribution in [2.45, 2.75) is 18.8 Å². The molecular weight excluding hydrogens is 380 g/mol. The Labute approximate surface area is 165 Å². The zero-order valence-electron chi connectivity index (χ0n) is 14.8. The van der Waals surface area contributed by atoms with Crippen molar-refractivity contribution in [3.63, 3.8) is 0 Å². The van der Waals surface area contributed by atoms with E-state index in [-0.39, 0.29) is 12.3 Å². The maximum absolute atomic E-state index is 13.8. The average Bonchev–Trinajstić information content (AvgIpc) is 3.35. The van der Waals surface area contributed by atoms with Crippen LogP contribution in [0.5, 0.6) is 0 Å². The molecule has 1 saturated carbocycles. The van der Waals surface area contributed by atoms with Gasteiger partial charge in [0.1, 0.15) is 11.2 Å². The third kappa shape index (κ3) is 2.10. The molecular formula is C20H15ClN4O3. The summed E-state index contributed by atoms with van der Waals surface area (Å²) in [5.74, 6) is -1.19. The predicted molar refractivity (Wildman–Crippen MR) is 102 cm³/mol. The van der Waals surface area contributed by atoms with E-state index in [9.17, 15) is 14.7 Å². The lowest BCUT2D eigenvalue weighted by Gasteiger charge is -2.25. The number of aromatic nitrogens is 3. The number of para-hydroxylation sites is 2. The molecule has 0 saturated heterocycles. The standard InChI is InChI=1S/C20H15ClN4O3/c1-11-22-23-18-20(10-14(20)17(26)27)19(28)25(13-8-6-12(21)7-9-13)16-5-3-2-4-15(16)24(11)18/h2-9,14H,10H2,1H3,(H,26,27). The number of fused-ring (bicyclic) bond motifs is 4. The summed E-state index contributed by atoms with van der Waals surface area (Å²) in [5, 5.41) is 18.6. The molecule has 5 rings (SSSR count). The molecule has 2 unspecified atom stereocenters. The van der Waals surface area contributed by atoms with Crippen LogP contribution < -0.4 is 4.90 Å². The number of carboxylic acids is 1. The van der Waals surface area contributed by atoms with Crippen LogP contribution in [0, 0.1) is 12.8 Å². The number of anilines is 2. The summed E-state index contributed by atoms with van der Waals surface area (Å²) in [6, 6.07) is 14.3. The minimum Gasteiger partial charge on any atom is -0.481 e. The molecule has 2 aliphatic rings. The van der Waals surface area contributed by atoms with Crippen molar-refractivity contribution in [3.8, 4) is 5.69 Å². The molecule has 140 valence electrons. The Morgan fingerprint density at radius 3 is 2.46 bits per heavy atom. The van der Waals surface area contributed by atoms with E-state index < -0.39 is 17.3 Å². The highest BCUT2D eigenvalue weighted by atomic mass is 35.5. The second-order valence-corrected chi connectivity index (χ2v) is 7.51. The molecule has 0 radical (unpaired) electrons. The smallest absolute Gasteiger partial charge is 0.308 e. The van der Waals surface area contributed by atoms with Gasteiger partial charge in [-0.2, -0.15) is 0 Å². The number of nitrogens with zero attached hydrogens (tertiary/aromatic N) is 4. The number of rotatable bonds is 2. The van der Waals surface area contributed by atoms with Crippen LogP contribution in [-0.4, -0.2) is 31.7 Å². The Bertz CT molecular complexity index is 1140. The van der Waals surface area contributed by atoms with Gasteiger partial charge in [0.05, 0.1) is 17.3 Å². The monoisotopic (exact) mass is 394 g/mol. The van der Waals surface area contributed by atoms with Crippen LogP contribution >= 0.6 is 11.6 Å². The Hall–Kier alpha value is -3.19. The highest BCUT2D eigenvalue weighted by Crippen LogP contribution is 2.58. The van der Waals surface area contributed by atoms with Crippen molar-refractivity contribution in [1.82, 2.24) is 14.8 Å². The van der Waals surface area contributed by atoms with E-state index in [2.05, 4.69) is 10.2 Å². The predicted octanol–water partition coefficient (Wildman–Crippen LogP) is 3.25. The van der Waals surface area contributed by atoms with Gasteiger partial charge in [0.25, 0.3) is 0 Å². The molecule has 1 aromatic heterocycles. The number of benzene rings is 2. The minimum absolute atomic E-state index is 0.192. The van der Waals surface area contributed by atoms with Crippen LogP contribution in [0.1, 0.15) is 18.1 Å². The van der Waals surface area contributed by atoms with Gasteiger partial charge in [-0.05, 0) is 49.7 Å². The van der Waals surface area contributed by atoms with Gasteiger partial charge in [0, 0.05) is 10.7 Å². The lowest BCUT2D eigenvalue weighted by molar-refractivity contribution is -0.140. The summed E-state index contributed by atoms with van der Waals surface area (Å²) in [6.45, 7) is 1.79. The molecule has 2 aromatic carbocycles. The van der Waals surface area contributed by atoms with Gasteiger partial charge >= 0.3 is 5.97 Å². The Kier molecular flexibility index (Phi) is 3.42. The Balaban J connectivity index is 1.82. The highest BCUT2D eigenvalue weighted by Gasteiger charge is 2.70. The van der Waals surface area contributed by atoms with Crippen molar-refractivity contribution >= 4 is 34.9 Å². The number of aliphatic carboxylic acids is 1. The van der Waals surface area contributed by atoms with Gasteiger partial charge in [-0.25, -0.2) is 0 Å². The van der Waals surface area contributed by atoms with Crippen LogP contribution in [-0.2, 0) is 15.0 Å². The number of hydrogen-bond acceptors (Lipinski definition) is 4. The summed E-state index contributed by atoms with van der Waals surface area (Å²) in [4.78, 5) is 27.2. The van der Waals surface area contributed by atoms with E-state index in [0.717, 1.165) is 5.69 Å². The zero-order chi connectivity index (χ0) is 19.6. The Morgan fingerprint density at radius 1 is 1.14 bits per heavy atom. The first-order valence-corrected chi connectivity index (χ1v) is 9.18. The topological polar surface area (TPSA) is 88.3 Å². The molecule has 3 aromatic rings. The van der Waals surface area contributed by atoms with Crippen LogP contribution in [0.25, 0.3) is 5.69 Å². The van der Waals surface area contributed by atoms with Gasteiger partial charge in [-0.1, -0.05) is 23.7 Å². The van der Waals surface area contributed by atoms with Crippen molar-refractivity contribution < 1.29 is 14.7 Å². The number of carboxylic acid groups (broad SMARTS) is 1. The van der Waals surface area contributed by atoms with Crippen LogP contribution in [0.2, 0.25) is 5.02 Å². The normalized spacial score (nSPS) is 22.6. The second kappa shape index (κ2) is 5.65. The maximum atomic E-state index is 13.8. The molecule has 1 N–H and O–H groups in total. The summed E-state index contributed by atoms with van der Waals surface area (Å²) in [6.07, 6.45) is 0.192. The van der Waals surface area contributed by atoms with Gasteiger partial charge in [0.15, 0.2) is 5.82 Å². The molecule has 0 bridgehead atoms. The molecule has 1 aliphatic carbocycles. The number of hydrogen-bond donors (Lipinski definition) is 1. The van der Waals surface area contributed by atoms with Crippen LogP contribution in [0.4, 0.5) is 11.4 Å². The molecule has 2 heterocycles. The fraction of sp³-hybridized carbons (Fsp3) is 0.200. The fourth-order valence-corrected chi connectivity index (χ4v) is 4.20. The second-order valence-electron chi connectivity index (χ2n) is 7.08. The summed E-state index contributed by atoms with van der Waals surface area (Å²) >= 11 is 6.03. The SMILES string of the molecule is Cc1nnc2n1-c1ccccc1N(c1ccc(Cl)cc1)C(=O)C21CC1C(=O)O. The Morgan fingerprint density at radius 2 is 1.82 bits per heavy atom.